The first kappa shape index (κ1) is 16.5. The fourth-order valence-electron chi connectivity index (χ4n) is 2.10. The SMILES string of the molecule is CCCCCCNC(C)C(=O)c1ccc(OC)c(N)c1. The largest absolute Gasteiger partial charge is 0.495 e. The number of benzene rings is 1. The van der Waals surface area contributed by atoms with E-state index in [2.05, 4.69) is 12.2 Å². The number of nitrogens with one attached hydrogen (secondary N) is 1. The highest BCUT2D eigenvalue weighted by Crippen LogP contribution is 2.22. The van der Waals surface area contributed by atoms with E-state index in [4.69, 9.17) is 10.5 Å². The third-order valence-corrected chi connectivity index (χ3v) is 3.39. The first-order valence-corrected chi connectivity index (χ1v) is 7.31. The van der Waals surface area contributed by atoms with Crippen molar-refractivity contribution in [3.05, 3.63) is 23.8 Å². The maximum Gasteiger partial charge on any atom is 0.179 e. The van der Waals surface area contributed by atoms with Crippen LogP contribution in [-0.4, -0.2) is 25.5 Å². The van der Waals surface area contributed by atoms with Gasteiger partial charge >= 0.3 is 0 Å². The summed E-state index contributed by atoms with van der Waals surface area (Å²) in [6.07, 6.45) is 4.79. The number of ketones is 1. The summed E-state index contributed by atoms with van der Waals surface area (Å²) in [6, 6.07) is 4.98. The molecule has 0 aliphatic heterocycles. The second-order valence-corrected chi connectivity index (χ2v) is 5.06. The van der Waals surface area contributed by atoms with E-state index in [1.165, 1.54) is 19.3 Å². The Labute approximate surface area is 121 Å². The lowest BCUT2D eigenvalue weighted by atomic mass is 10.0. The van der Waals surface area contributed by atoms with E-state index in [-0.39, 0.29) is 11.8 Å². The fraction of sp³-hybridized carbons (Fsp3) is 0.562. The fourth-order valence-corrected chi connectivity index (χ4v) is 2.10. The maximum absolute atomic E-state index is 12.3. The molecular weight excluding hydrogens is 252 g/mol. The van der Waals surface area contributed by atoms with Gasteiger partial charge in [0, 0.05) is 5.56 Å². The molecule has 1 rings (SSSR count). The molecule has 0 aromatic heterocycles. The number of unbranched alkanes of at least 4 members (excludes halogenated alkanes) is 3. The van der Waals surface area contributed by atoms with E-state index in [0.29, 0.717) is 17.0 Å². The number of ether oxygens (including phenoxy) is 1. The van der Waals surface area contributed by atoms with Crippen LogP contribution in [-0.2, 0) is 0 Å². The van der Waals surface area contributed by atoms with Crippen molar-refractivity contribution in [2.24, 2.45) is 0 Å². The quantitative estimate of drug-likeness (QED) is 0.414. The van der Waals surface area contributed by atoms with Gasteiger partial charge in [0.25, 0.3) is 0 Å². The molecule has 0 spiro atoms. The number of anilines is 1. The molecule has 0 saturated carbocycles. The van der Waals surface area contributed by atoms with Gasteiger partial charge in [-0.2, -0.15) is 0 Å². The Morgan fingerprint density at radius 3 is 2.70 bits per heavy atom. The smallest absolute Gasteiger partial charge is 0.179 e. The van der Waals surface area contributed by atoms with Crippen molar-refractivity contribution in [1.82, 2.24) is 5.32 Å². The zero-order chi connectivity index (χ0) is 15.0. The van der Waals surface area contributed by atoms with Crippen LogP contribution in [0.5, 0.6) is 5.75 Å². The molecule has 4 heteroatoms. The van der Waals surface area contributed by atoms with Gasteiger partial charge in [0.2, 0.25) is 0 Å². The molecular formula is C16H26N2O2. The Morgan fingerprint density at radius 1 is 1.35 bits per heavy atom. The first-order chi connectivity index (χ1) is 9.60. The summed E-state index contributed by atoms with van der Waals surface area (Å²) >= 11 is 0. The number of carbonyl (C=O) groups is 1. The summed E-state index contributed by atoms with van der Waals surface area (Å²) in [5.74, 6) is 0.663. The van der Waals surface area contributed by atoms with Crippen LogP contribution in [0.15, 0.2) is 18.2 Å². The normalized spacial score (nSPS) is 12.2. The summed E-state index contributed by atoms with van der Waals surface area (Å²) < 4.78 is 5.09. The van der Waals surface area contributed by atoms with Gasteiger partial charge in [-0.05, 0) is 38.1 Å². The van der Waals surface area contributed by atoms with Gasteiger partial charge in [0.15, 0.2) is 5.78 Å². The highest BCUT2D eigenvalue weighted by Gasteiger charge is 2.15. The number of hydrogen-bond acceptors (Lipinski definition) is 4. The van der Waals surface area contributed by atoms with Crippen LogP contribution in [0.1, 0.15) is 49.9 Å². The monoisotopic (exact) mass is 278 g/mol. The minimum absolute atomic E-state index is 0.0647. The number of Topliss-reactive ketones (excluding diaryl/α,β-unsaturated/α-hetero) is 1. The number of nitrogen functional groups attached to an aromatic ring is 1. The van der Waals surface area contributed by atoms with E-state index in [1.54, 1.807) is 25.3 Å². The van der Waals surface area contributed by atoms with Crippen molar-refractivity contribution in [2.75, 3.05) is 19.4 Å². The molecule has 1 unspecified atom stereocenters. The number of carbonyl (C=O) groups excluding carboxylic acids is 1. The van der Waals surface area contributed by atoms with Gasteiger partial charge in [0.05, 0.1) is 18.8 Å². The molecule has 1 atom stereocenters. The lowest BCUT2D eigenvalue weighted by molar-refractivity contribution is 0.0951. The summed E-state index contributed by atoms with van der Waals surface area (Å²) in [5.41, 5.74) is 6.94. The molecule has 1 aromatic carbocycles. The van der Waals surface area contributed by atoms with Crippen LogP contribution >= 0.6 is 0 Å². The molecule has 0 radical (unpaired) electrons. The molecule has 0 heterocycles. The molecule has 1 aromatic rings. The maximum atomic E-state index is 12.3. The Balaban J connectivity index is 2.50. The Bertz CT molecular complexity index is 432. The Kier molecular flexibility index (Phi) is 7.09. The average molecular weight is 278 g/mol. The van der Waals surface area contributed by atoms with Gasteiger partial charge in [0.1, 0.15) is 5.75 Å². The Morgan fingerprint density at radius 2 is 2.10 bits per heavy atom. The van der Waals surface area contributed by atoms with Gasteiger partial charge < -0.3 is 15.8 Å². The highest BCUT2D eigenvalue weighted by molar-refractivity contribution is 6.00. The van der Waals surface area contributed by atoms with Gasteiger partial charge in [-0.25, -0.2) is 0 Å². The molecule has 0 bridgehead atoms. The second-order valence-electron chi connectivity index (χ2n) is 5.06. The topological polar surface area (TPSA) is 64.3 Å². The predicted octanol–water partition coefficient (Wildman–Crippen LogP) is 3.02. The van der Waals surface area contributed by atoms with Crippen LogP contribution < -0.4 is 15.8 Å². The molecule has 0 aliphatic carbocycles. The summed E-state index contributed by atoms with van der Waals surface area (Å²) in [4.78, 5) is 12.3. The highest BCUT2D eigenvalue weighted by atomic mass is 16.5. The zero-order valence-electron chi connectivity index (χ0n) is 12.7. The number of nitrogens with two attached hydrogens (primary N) is 1. The van der Waals surface area contributed by atoms with Gasteiger partial charge in [-0.15, -0.1) is 0 Å². The van der Waals surface area contributed by atoms with E-state index in [0.717, 1.165) is 13.0 Å². The molecule has 20 heavy (non-hydrogen) atoms. The van der Waals surface area contributed by atoms with E-state index in [9.17, 15) is 4.79 Å². The lowest BCUT2D eigenvalue weighted by Crippen LogP contribution is -2.34. The third-order valence-electron chi connectivity index (χ3n) is 3.39. The van der Waals surface area contributed by atoms with E-state index < -0.39 is 0 Å². The minimum atomic E-state index is -0.190. The van der Waals surface area contributed by atoms with Gasteiger partial charge in [-0.3, -0.25) is 4.79 Å². The molecule has 0 aliphatic rings. The van der Waals surface area contributed by atoms with Crippen molar-refractivity contribution in [1.29, 1.82) is 0 Å². The molecule has 112 valence electrons. The van der Waals surface area contributed by atoms with Crippen LogP contribution in [0, 0.1) is 0 Å². The standard InChI is InChI=1S/C16H26N2O2/c1-4-5-6-7-10-18-12(2)16(19)13-8-9-15(20-3)14(17)11-13/h8-9,11-12,18H,4-7,10,17H2,1-3H3. The van der Waals surface area contributed by atoms with Crippen molar-refractivity contribution in [3.8, 4) is 5.75 Å². The number of hydrogen-bond donors (Lipinski definition) is 2. The van der Waals surface area contributed by atoms with Crippen LogP contribution in [0.3, 0.4) is 0 Å². The molecule has 4 nitrogen and oxygen atoms in total. The van der Waals surface area contributed by atoms with Gasteiger partial charge in [-0.1, -0.05) is 26.2 Å². The number of methoxy groups -OCH3 is 1. The predicted molar refractivity (Wildman–Crippen MR) is 83.3 cm³/mol. The van der Waals surface area contributed by atoms with Crippen LogP contribution in [0.4, 0.5) is 5.69 Å². The van der Waals surface area contributed by atoms with Crippen LogP contribution in [0.25, 0.3) is 0 Å². The summed E-state index contributed by atoms with van der Waals surface area (Å²) in [5, 5.41) is 3.27. The van der Waals surface area contributed by atoms with Crippen molar-refractivity contribution in [2.45, 2.75) is 45.6 Å². The second kappa shape index (κ2) is 8.59. The van der Waals surface area contributed by atoms with Crippen molar-refractivity contribution >= 4 is 11.5 Å². The number of rotatable bonds is 9. The van der Waals surface area contributed by atoms with E-state index >= 15 is 0 Å². The molecule has 0 amide bonds. The zero-order valence-corrected chi connectivity index (χ0v) is 12.7. The van der Waals surface area contributed by atoms with Crippen molar-refractivity contribution < 1.29 is 9.53 Å². The average Bonchev–Trinajstić information content (AvgIpc) is 2.46. The summed E-state index contributed by atoms with van der Waals surface area (Å²) in [6.45, 7) is 4.95. The minimum Gasteiger partial charge on any atom is -0.495 e. The Hall–Kier alpha value is -1.55. The first-order valence-electron chi connectivity index (χ1n) is 7.31. The summed E-state index contributed by atoms with van der Waals surface area (Å²) in [7, 11) is 1.56. The van der Waals surface area contributed by atoms with E-state index in [1.807, 2.05) is 6.92 Å². The molecule has 0 saturated heterocycles. The lowest BCUT2D eigenvalue weighted by Gasteiger charge is -2.14. The molecule has 3 N–H and O–H groups in total. The third kappa shape index (κ3) is 4.85. The molecule has 0 fully saturated rings. The van der Waals surface area contributed by atoms with Crippen molar-refractivity contribution in [3.63, 3.8) is 0 Å². The van der Waals surface area contributed by atoms with Crippen LogP contribution in [0.2, 0.25) is 0 Å².